The van der Waals surface area contributed by atoms with E-state index < -0.39 is 0 Å². The van der Waals surface area contributed by atoms with E-state index >= 15 is 0 Å². The van der Waals surface area contributed by atoms with Crippen LogP contribution in [0.15, 0.2) is 0 Å². The van der Waals surface area contributed by atoms with E-state index in [-0.39, 0.29) is 28.9 Å². The number of nitrogens with one attached hydrogen (secondary N) is 2. The topological polar surface area (TPSA) is 58.2 Å². The summed E-state index contributed by atoms with van der Waals surface area (Å²) in [5.74, 6) is 0.954. The van der Waals surface area contributed by atoms with Gasteiger partial charge in [0.15, 0.2) is 0 Å². The second kappa shape index (κ2) is 7.81. The number of carbonyl (C=O) groups excluding carboxylic acids is 2. The maximum atomic E-state index is 11.3. The molecule has 2 N–H and O–H groups in total. The highest BCUT2D eigenvalue weighted by atomic mass is 32.2. The molecule has 0 aliphatic heterocycles. The lowest BCUT2D eigenvalue weighted by molar-refractivity contribution is -0.119. The lowest BCUT2D eigenvalue weighted by Crippen LogP contribution is -2.42. The molecule has 94 valence electrons. The van der Waals surface area contributed by atoms with Crippen molar-refractivity contribution in [3.63, 3.8) is 0 Å². The van der Waals surface area contributed by atoms with Crippen LogP contribution in [0.5, 0.6) is 0 Å². The van der Waals surface area contributed by atoms with Gasteiger partial charge in [0, 0.05) is 11.0 Å². The largest absolute Gasteiger partial charge is 0.310 e. The second-order valence-electron chi connectivity index (χ2n) is 3.87. The molecular weight excluding hydrogens is 224 g/mol. The Labute approximate surface area is 102 Å². The zero-order chi connectivity index (χ0) is 12.7. The van der Waals surface area contributed by atoms with Gasteiger partial charge in [-0.3, -0.25) is 9.59 Å². The van der Waals surface area contributed by atoms with Crippen LogP contribution in [-0.2, 0) is 9.59 Å². The molecule has 0 aromatic carbocycles. The minimum Gasteiger partial charge on any atom is -0.310 e. The monoisotopic (exact) mass is 246 g/mol. The van der Waals surface area contributed by atoms with Gasteiger partial charge in [0.05, 0.1) is 12.1 Å². The average Bonchev–Trinajstić information content (AvgIpc) is 2.18. The molecule has 0 saturated carbocycles. The fraction of sp³-hybridized carbons (Fsp3) is 0.818. The van der Waals surface area contributed by atoms with Crippen LogP contribution in [0, 0.1) is 0 Å². The van der Waals surface area contributed by atoms with Crippen molar-refractivity contribution in [2.24, 2.45) is 0 Å². The fourth-order valence-corrected chi connectivity index (χ4v) is 2.93. The molecule has 0 aromatic heterocycles. The Morgan fingerprint density at radius 1 is 1.12 bits per heavy atom. The molecule has 0 radical (unpaired) electrons. The normalized spacial score (nSPS) is 16.6. The van der Waals surface area contributed by atoms with E-state index in [1.165, 1.54) is 0 Å². The molecule has 0 fully saturated rings. The lowest BCUT2D eigenvalue weighted by atomic mass is 10.1. The number of carbonyl (C=O) groups is 2. The first-order chi connectivity index (χ1) is 7.43. The summed E-state index contributed by atoms with van der Waals surface area (Å²) >= 11 is 1.63. The smallest absolute Gasteiger partial charge is 0.147 e. The Hall–Kier alpha value is -0.390. The second-order valence-corrected chi connectivity index (χ2v) is 5.28. The standard InChI is InChI=1S/C11H22N2O2S/c1-7(14)10(12-4)6-16-9(3)11(13-5)8(2)15/h9-13H,6H2,1-5H3/t9?,10-,11+/m1/s1. The number of hydrogen-bond donors (Lipinski definition) is 2. The summed E-state index contributed by atoms with van der Waals surface area (Å²) in [6.45, 7) is 5.16. The van der Waals surface area contributed by atoms with Gasteiger partial charge in [-0.15, -0.1) is 0 Å². The van der Waals surface area contributed by atoms with E-state index in [1.54, 1.807) is 39.7 Å². The number of likely N-dealkylation sites (N-methyl/N-ethyl adjacent to an activating group) is 2. The average molecular weight is 246 g/mol. The van der Waals surface area contributed by atoms with Crippen LogP contribution in [0.1, 0.15) is 20.8 Å². The van der Waals surface area contributed by atoms with Crippen molar-refractivity contribution in [3.8, 4) is 0 Å². The SMILES string of the molecule is CN[C@H](CSC(C)[C@@H](NC)C(C)=O)C(C)=O. The third kappa shape index (κ3) is 5.09. The molecule has 0 aliphatic carbocycles. The fourth-order valence-electron chi connectivity index (χ4n) is 1.52. The number of ketones is 2. The van der Waals surface area contributed by atoms with Crippen molar-refractivity contribution in [2.45, 2.75) is 38.1 Å². The predicted molar refractivity (Wildman–Crippen MR) is 69.0 cm³/mol. The van der Waals surface area contributed by atoms with Crippen molar-refractivity contribution in [1.82, 2.24) is 10.6 Å². The van der Waals surface area contributed by atoms with Gasteiger partial charge in [-0.05, 0) is 27.9 Å². The molecule has 0 spiro atoms. The van der Waals surface area contributed by atoms with Gasteiger partial charge in [-0.2, -0.15) is 11.8 Å². The zero-order valence-corrected chi connectivity index (χ0v) is 11.5. The molecule has 4 nitrogen and oxygen atoms in total. The molecule has 0 heterocycles. The highest BCUT2D eigenvalue weighted by Crippen LogP contribution is 2.16. The van der Waals surface area contributed by atoms with E-state index in [1.807, 2.05) is 6.92 Å². The molecule has 3 atom stereocenters. The van der Waals surface area contributed by atoms with Gasteiger partial charge in [-0.1, -0.05) is 6.92 Å². The van der Waals surface area contributed by atoms with Crippen LogP contribution in [0.2, 0.25) is 0 Å². The van der Waals surface area contributed by atoms with E-state index in [9.17, 15) is 9.59 Å². The summed E-state index contributed by atoms with van der Waals surface area (Å²) in [7, 11) is 3.56. The Bertz CT molecular complexity index is 246. The number of thioether (sulfide) groups is 1. The number of hydrogen-bond acceptors (Lipinski definition) is 5. The summed E-state index contributed by atoms with van der Waals surface area (Å²) < 4.78 is 0. The molecule has 16 heavy (non-hydrogen) atoms. The number of rotatable bonds is 8. The summed E-state index contributed by atoms with van der Waals surface area (Å²) in [5, 5.41) is 6.13. The van der Waals surface area contributed by atoms with Gasteiger partial charge >= 0.3 is 0 Å². The van der Waals surface area contributed by atoms with Crippen molar-refractivity contribution in [1.29, 1.82) is 0 Å². The summed E-state index contributed by atoms with van der Waals surface area (Å²) in [4.78, 5) is 22.5. The van der Waals surface area contributed by atoms with E-state index in [2.05, 4.69) is 10.6 Å². The number of Topliss-reactive ketones (excluding diaryl/α,β-unsaturated/α-hetero) is 2. The highest BCUT2D eigenvalue weighted by Gasteiger charge is 2.22. The van der Waals surface area contributed by atoms with Crippen LogP contribution in [0.25, 0.3) is 0 Å². The Balaban J connectivity index is 4.18. The van der Waals surface area contributed by atoms with Gasteiger partial charge < -0.3 is 10.6 Å². The van der Waals surface area contributed by atoms with Gasteiger partial charge in [-0.25, -0.2) is 0 Å². The van der Waals surface area contributed by atoms with E-state index in [0.717, 1.165) is 0 Å². The van der Waals surface area contributed by atoms with E-state index in [4.69, 9.17) is 0 Å². The van der Waals surface area contributed by atoms with Crippen molar-refractivity contribution in [3.05, 3.63) is 0 Å². The minimum atomic E-state index is -0.144. The Morgan fingerprint density at radius 2 is 1.69 bits per heavy atom. The van der Waals surface area contributed by atoms with Crippen LogP contribution < -0.4 is 10.6 Å². The van der Waals surface area contributed by atoms with Crippen molar-refractivity contribution < 1.29 is 9.59 Å². The van der Waals surface area contributed by atoms with Gasteiger partial charge in [0.25, 0.3) is 0 Å². The van der Waals surface area contributed by atoms with Crippen molar-refractivity contribution in [2.75, 3.05) is 19.8 Å². The quantitative estimate of drug-likeness (QED) is 0.652. The third-order valence-corrected chi connectivity index (χ3v) is 3.91. The van der Waals surface area contributed by atoms with Gasteiger partial charge in [0.1, 0.15) is 11.6 Å². The first-order valence-corrected chi connectivity index (χ1v) is 6.46. The highest BCUT2D eigenvalue weighted by molar-refractivity contribution is 8.00. The lowest BCUT2D eigenvalue weighted by Gasteiger charge is -2.22. The molecule has 0 aromatic rings. The first-order valence-electron chi connectivity index (χ1n) is 5.41. The zero-order valence-electron chi connectivity index (χ0n) is 10.7. The molecular formula is C11H22N2O2S. The van der Waals surface area contributed by atoms with Crippen LogP contribution >= 0.6 is 11.8 Å². The van der Waals surface area contributed by atoms with Crippen LogP contribution in [0.4, 0.5) is 0 Å². The minimum absolute atomic E-state index is 0.128. The summed E-state index contributed by atoms with van der Waals surface area (Å²) in [6.07, 6.45) is 0. The maximum Gasteiger partial charge on any atom is 0.147 e. The molecule has 1 unspecified atom stereocenters. The Morgan fingerprint density at radius 3 is 2.00 bits per heavy atom. The molecule has 0 aliphatic rings. The first kappa shape index (κ1) is 15.6. The molecule has 5 heteroatoms. The van der Waals surface area contributed by atoms with Crippen LogP contribution in [-0.4, -0.2) is 48.7 Å². The molecule has 0 rings (SSSR count). The Kier molecular flexibility index (Phi) is 7.62. The van der Waals surface area contributed by atoms with Gasteiger partial charge in [0.2, 0.25) is 0 Å². The van der Waals surface area contributed by atoms with Crippen LogP contribution in [0.3, 0.4) is 0 Å². The van der Waals surface area contributed by atoms with Crippen molar-refractivity contribution >= 4 is 23.3 Å². The molecule has 0 bridgehead atoms. The molecule has 0 saturated heterocycles. The summed E-state index contributed by atoms with van der Waals surface area (Å²) in [5.41, 5.74) is 0. The maximum absolute atomic E-state index is 11.3. The predicted octanol–water partition coefficient (Wildman–Crippen LogP) is 0.462. The third-order valence-electron chi connectivity index (χ3n) is 2.58. The molecule has 0 amide bonds. The summed E-state index contributed by atoms with van der Waals surface area (Å²) in [6, 6.07) is -0.272. The van der Waals surface area contributed by atoms with E-state index in [0.29, 0.717) is 5.75 Å².